The van der Waals surface area contributed by atoms with Crippen LogP contribution >= 0.6 is 15.9 Å². The molecule has 23 heavy (non-hydrogen) atoms. The Morgan fingerprint density at radius 2 is 1.96 bits per heavy atom. The molecule has 122 valence electrons. The first-order valence-corrected chi connectivity index (χ1v) is 8.25. The molecule has 2 rings (SSSR count). The number of nitrogens with one attached hydrogen (secondary N) is 1. The van der Waals surface area contributed by atoms with Crippen molar-refractivity contribution in [1.29, 1.82) is 0 Å². The Bertz CT molecular complexity index is 673. The van der Waals surface area contributed by atoms with Crippen LogP contribution in [0.15, 0.2) is 46.9 Å². The van der Waals surface area contributed by atoms with Gasteiger partial charge in [0, 0.05) is 13.0 Å². The molecule has 4 nitrogen and oxygen atoms in total. The van der Waals surface area contributed by atoms with Crippen molar-refractivity contribution in [2.24, 2.45) is 0 Å². The first kappa shape index (κ1) is 17.3. The van der Waals surface area contributed by atoms with Crippen LogP contribution in [-0.2, 0) is 17.6 Å². The van der Waals surface area contributed by atoms with Crippen molar-refractivity contribution in [1.82, 2.24) is 5.32 Å². The van der Waals surface area contributed by atoms with Crippen molar-refractivity contribution in [2.75, 3.05) is 13.7 Å². The average Bonchev–Trinajstić information content (AvgIpc) is 2.53. The molecule has 0 saturated heterocycles. The third-order valence-corrected chi connectivity index (χ3v) is 4.12. The Kier molecular flexibility index (Phi) is 6.47. The minimum atomic E-state index is 0.0251. The second-order valence-corrected chi connectivity index (χ2v) is 6.09. The molecule has 0 bridgehead atoms. The molecule has 0 aromatic heterocycles. The molecule has 0 radical (unpaired) electrons. The highest BCUT2D eigenvalue weighted by Crippen LogP contribution is 2.25. The highest BCUT2D eigenvalue weighted by Gasteiger charge is 2.05. The summed E-state index contributed by atoms with van der Waals surface area (Å²) in [6.07, 6.45) is 1.83. The first-order valence-electron chi connectivity index (χ1n) is 7.45. The fourth-order valence-corrected chi connectivity index (χ4v) is 2.86. The van der Waals surface area contributed by atoms with Crippen molar-refractivity contribution in [3.63, 3.8) is 0 Å². The van der Waals surface area contributed by atoms with Gasteiger partial charge in [-0.15, -0.1) is 0 Å². The van der Waals surface area contributed by atoms with Gasteiger partial charge in [-0.2, -0.15) is 0 Å². The molecular weight excluding hydrogens is 358 g/mol. The zero-order chi connectivity index (χ0) is 16.7. The quantitative estimate of drug-likeness (QED) is 0.776. The lowest BCUT2D eigenvalue weighted by Gasteiger charge is -2.08. The summed E-state index contributed by atoms with van der Waals surface area (Å²) in [5.74, 6) is 1.06. The maximum Gasteiger partial charge on any atom is 0.220 e. The van der Waals surface area contributed by atoms with Gasteiger partial charge in [-0.3, -0.25) is 4.79 Å². The van der Waals surface area contributed by atoms with E-state index in [2.05, 4.69) is 21.2 Å². The van der Waals surface area contributed by atoms with Crippen LogP contribution in [0.25, 0.3) is 0 Å². The highest BCUT2D eigenvalue weighted by atomic mass is 79.9. The van der Waals surface area contributed by atoms with E-state index in [1.54, 1.807) is 25.3 Å². The molecule has 0 saturated carbocycles. The first-order chi connectivity index (χ1) is 11.1. The largest absolute Gasteiger partial charge is 0.508 e. The summed E-state index contributed by atoms with van der Waals surface area (Å²) in [4.78, 5) is 11.9. The van der Waals surface area contributed by atoms with Crippen molar-refractivity contribution < 1.29 is 14.6 Å². The van der Waals surface area contributed by atoms with Crippen LogP contribution in [0.2, 0.25) is 0 Å². The Morgan fingerprint density at radius 1 is 1.17 bits per heavy atom. The van der Waals surface area contributed by atoms with Gasteiger partial charge >= 0.3 is 0 Å². The van der Waals surface area contributed by atoms with E-state index in [1.165, 1.54) is 0 Å². The summed E-state index contributed by atoms with van der Waals surface area (Å²) in [6, 6.07) is 12.9. The van der Waals surface area contributed by atoms with Gasteiger partial charge in [-0.1, -0.05) is 18.2 Å². The number of methoxy groups -OCH3 is 1. The van der Waals surface area contributed by atoms with E-state index >= 15 is 0 Å². The van der Waals surface area contributed by atoms with Gasteiger partial charge in [0.15, 0.2) is 0 Å². The summed E-state index contributed by atoms with van der Waals surface area (Å²) in [5.41, 5.74) is 2.09. The number of hydrogen-bond donors (Lipinski definition) is 2. The van der Waals surface area contributed by atoms with Crippen LogP contribution in [0.5, 0.6) is 11.5 Å². The monoisotopic (exact) mass is 377 g/mol. The maximum absolute atomic E-state index is 11.9. The molecular formula is C18H20BrNO3. The molecule has 0 heterocycles. The lowest BCUT2D eigenvalue weighted by Crippen LogP contribution is -2.25. The van der Waals surface area contributed by atoms with Crippen molar-refractivity contribution in [3.05, 3.63) is 58.1 Å². The van der Waals surface area contributed by atoms with E-state index in [9.17, 15) is 9.90 Å². The molecule has 2 aromatic carbocycles. The van der Waals surface area contributed by atoms with Crippen LogP contribution in [-0.4, -0.2) is 24.7 Å². The molecule has 2 aromatic rings. The average molecular weight is 378 g/mol. The number of phenolic OH excluding ortho intramolecular Hbond substituents is 1. The van der Waals surface area contributed by atoms with Crippen molar-refractivity contribution >= 4 is 21.8 Å². The van der Waals surface area contributed by atoms with Gasteiger partial charge in [0.25, 0.3) is 0 Å². The summed E-state index contributed by atoms with van der Waals surface area (Å²) in [5, 5.41) is 12.3. The SMILES string of the molecule is COc1ccc(CCC(=O)NCCc2cccc(O)c2)cc1Br. The molecule has 1 amide bonds. The number of halogens is 1. The summed E-state index contributed by atoms with van der Waals surface area (Å²) in [7, 11) is 1.62. The minimum Gasteiger partial charge on any atom is -0.508 e. The highest BCUT2D eigenvalue weighted by molar-refractivity contribution is 9.10. The van der Waals surface area contributed by atoms with Crippen LogP contribution in [0.3, 0.4) is 0 Å². The number of carbonyl (C=O) groups is 1. The van der Waals surface area contributed by atoms with Gasteiger partial charge in [0.2, 0.25) is 5.91 Å². The smallest absolute Gasteiger partial charge is 0.220 e. The standard InChI is InChI=1S/C18H20BrNO3/c1-23-17-7-5-14(12-16(17)19)6-8-18(22)20-10-9-13-3-2-4-15(21)11-13/h2-5,7,11-12,21H,6,8-10H2,1H3,(H,20,22). The molecule has 0 fully saturated rings. The zero-order valence-electron chi connectivity index (χ0n) is 13.0. The number of aromatic hydroxyl groups is 1. The van der Waals surface area contributed by atoms with Crippen molar-refractivity contribution in [2.45, 2.75) is 19.3 Å². The minimum absolute atomic E-state index is 0.0251. The van der Waals surface area contributed by atoms with Crippen LogP contribution in [0, 0.1) is 0 Å². The van der Waals surface area contributed by atoms with E-state index in [1.807, 2.05) is 24.3 Å². The molecule has 0 unspecified atom stereocenters. The van der Waals surface area contributed by atoms with Gasteiger partial charge in [-0.25, -0.2) is 0 Å². The van der Waals surface area contributed by atoms with E-state index in [0.717, 1.165) is 21.3 Å². The topological polar surface area (TPSA) is 58.6 Å². The van der Waals surface area contributed by atoms with Gasteiger partial charge < -0.3 is 15.2 Å². The van der Waals surface area contributed by atoms with Crippen molar-refractivity contribution in [3.8, 4) is 11.5 Å². The normalized spacial score (nSPS) is 10.3. The molecule has 0 aliphatic heterocycles. The fourth-order valence-electron chi connectivity index (χ4n) is 2.27. The summed E-state index contributed by atoms with van der Waals surface area (Å²) < 4.78 is 6.08. The van der Waals surface area contributed by atoms with E-state index in [4.69, 9.17) is 4.74 Å². The number of phenols is 1. The number of ether oxygens (including phenoxy) is 1. The lowest BCUT2D eigenvalue weighted by molar-refractivity contribution is -0.121. The molecule has 0 aliphatic carbocycles. The summed E-state index contributed by atoms with van der Waals surface area (Å²) >= 11 is 3.44. The number of carbonyl (C=O) groups excluding carboxylic acids is 1. The van der Waals surface area contributed by atoms with Crippen LogP contribution < -0.4 is 10.1 Å². The van der Waals surface area contributed by atoms with E-state index < -0.39 is 0 Å². The molecule has 0 atom stereocenters. The lowest BCUT2D eigenvalue weighted by atomic mass is 10.1. The summed E-state index contributed by atoms with van der Waals surface area (Å²) in [6.45, 7) is 0.564. The number of rotatable bonds is 7. The fraction of sp³-hybridized carbons (Fsp3) is 0.278. The van der Waals surface area contributed by atoms with Crippen LogP contribution in [0.1, 0.15) is 17.5 Å². The molecule has 0 spiro atoms. The van der Waals surface area contributed by atoms with Gasteiger partial charge in [-0.05, 0) is 64.2 Å². The Hall–Kier alpha value is -2.01. The predicted molar refractivity (Wildman–Crippen MR) is 93.8 cm³/mol. The Labute approximate surface area is 144 Å². The third-order valence-electron chi connectivity index (χ3n) is 3.50. The predicted octanol–water partition coefficient (Wildman–Crippen LogP) is 3.45. The second-order valence-electron chi connectivity index (χ2n) is 5.24. The Balaban J connectivity index is 1.74. The van der Waals surface area contributed by atoms with Gasteiger partial charge in [0.1, 0.15) is 11.5 Å². The number of hydrogen-bond acceptors (Lipinski definition) is 3. The van der Waals surface area contributed by atoms with Crippen LogP contribution in [0.4, 0.5) is 0 Å². The molecule has 5 heteroatoms. The van der Waals surface area contributed by atoms with E-state index in [-0.39, 0.29) is 11.7 Å². The number of amides is 1. The third kappa shape index (κ3) is 5.60. The van der Waals surface area contributed by atoms with E-state index in [0.29, 0.717) is 25.8 Å². The molecule has 0 aliphatic rings. The van der Waals surface area contributed by atoms with Gasteiger partial charge in [0.05, 0.1) is 11.6 Å². The second kappa shape index (κ2) is 8.58. The molecule has 2 N–H and O–H groups in total. The Morgan fingerprint density at radius 3 is 2.65 bits per heavy atom. The maximum atomic E-state index is 11.9. The number of aryl methyl sites for hydroxylation is 1. The number of benzene rings is 2. The zero-order valence-corrected chi connectivity index (χ0v) is 14.6.